The minimum Gasteiger partial charge on any atom is -0.317 e. The number of sulfonamides is 1. The fraction of sp³-hybridized carbons (Fsp3) is 1.00. The van der Waals surface area contributed by atoms with Crippen molar-refractivity contribution < 1.29 is 8.42 Å². The molecule has 5 heteroatoms. The topological polar surface area (TPSA) is 49.4 Å². The molecule has 0 aromatic carbocycles. The first-order chi connectivity index (χ1) is 7.60. The van der Waals surface area contributed by atoms with Gasteiger partial charge in [0.05, 0.1) is 5.75 Å². The number of hydrogen-bond acceptors (Lipinski definition) is 3. The van der Waals surface area contributed by atoms with E-state index in [9.17, 15) is 8.42 Å². The molecule has 1 saturated heterocycles. The first kappa shape index (κ1) is 13.9. The summed E-state index contributed by atoms with van der Waals surface area (Å²) in [6.07, 6.45) is 2.85. The van der Waals surface area contributed by atoms with E-state index in [1.165, 1.54) is 0 Å². The summed E-state index contributed by atoms with van der Waals surface area (Å²) in [5.41, 5.74) is 0. The maximum Gasteiger partial charge on any atom is 0.214 e. The minimum absolute atomic E-state index is 0.293. The van der Waals surface area contributed by atoms with Crippen LogP contribution in [0.5, 0.6) is 0 Å². The second-order valence-electron chi connectivity index (χ2n) is 4.49. The average Bonchev–Trinajstić information content (AvgIpc) is 2.27. The Bertz CT molecular complexity index is 290. The lowest BCUT2D eigenvalue weighted by Gasteiger charge is -2.32. The van der Waals surface area contributed by atoms with Crippen molar-refractivity contribution in [3.05, 3.63) is 0 Å². The van der Waals surface area contributed by atoms with Gasteiger partial charge < -0.3 is 5.32 Å². The second-order valence-corrected chi connectivity index (χ2v) is 6.58. The molecule has 1 aliphatic heterocycles. The summed E-state index contributed by atoms with van der Waals surface area (Å²) in [6, 6.07) is 0. The highest BCUT2D eigenvalue weighted by atomic mass is 32.2. The van der Waals surface area contributed by atoms with Crippen LogP contribution >= 0.6 is 0 Å². The van der Waals surface area contributed by atoms with Gasteiger partial charge in [-0.05, 0) is 38.3 Å². The highest BCUT2D eigenvalue weighted by molar-refractivity contribution is 7.89. The Morgan fingerprint density at radius 2 is 2.12 bits per heavy atom. The van der Waals surface area contributed by atoms with Crippen molar-refractivity contribution in [1.82, 2.24) is 9.62 Å². The number of nitrogens with zero attached hydrogens (tertiary/aromatic N) is 1. The van der Waals surface area contributed by atoms with Crippen LogP contribution in [0, 0.1) is 5.92 Å². The summed E-state index contributed by atoms with van der Waals surface area (Å²) < 4.78 is 25.5. The van der Waals surface area contributed by atoms with E-state index in [2.05, 4.69) is 12.2 Å². The Labute approximate surface area is 99.5 Å². The third-order valence-electron chi connectivity index (χ3n) is 3.02. The third-order valence-corrected chi connectivity index (χ3v) is 5.06. The van der Waals surface area contributed by atoms with E-state index < -0.39 is 10.0 Å². The molecular weight excluding hydrogens is 224 g/mol. The molecule has 0 bridgehead atoms. The SMILES string of the molecule is CCCS(=O)(=O)N1CCCC(CNCC)C1. The van der Waals surface area contributed by atoms with Crippen molar-refractivity contribution in [3.8, 4) is 0 Å². The van der Waals surface area contributed by atoms with Gasteiger partial charge in [0.1, 0.15) is 0 Å². The summed E-state index contributed by atoms with van der Waals surface area (Å²) in [6.45, 7) is 7.30. The van der Waals surface area contributed by atoms with Crippen LogP contribution < -0.4 is 5.32 Å². The van der Waals surface area contributed by atoms with E-state index >= 15 is 0 Å². The lowest BCUT2D eigenvalue weighted by molar-refractivity contribution is 0.261. The van der Waals surface area contributed by atoms with Crippen LogP contribution in [0.2, 0.25) is 0 Å². The fourth-order valence-corrected chi connectivity index (χ4v) is 3.80. The van der Waals surface area contributed by atoms with Crippen LogP contribution in [0.15, 0.2) is 0 Å². The summed E-state index contributed by atoms with van der Waals surface area (Å²) in [4.78, 5) is 0. The van der Waals surface area contributed by atoms with Crippen LogP contribution in [-0.2, 0) is 10.0 Å². The summed E-state index contributed by atoms with van der Waals surface area (Å²) in [5.74, 6) is 0.779. The third kappa shape index (κ3) is 4.03. The Hall–Kier alpha value is -0.130. The molecule has 1 N–H and O–H groups in total. The Balaban J connectivity index is 2.49. The van der Waals surface area contributed by atoms with Crippen molar-refractivity contribution >= 4 is 10.0 Å². The molecule has 0 spiro atoms. The van der Waals surface area contributed by atoms with Crippen LogP contribution in [-0.4, -0.2) is 44.7 Å². The quantitative estimate of drug-likeness (QED) is 0.764. The molecule has 1 fully saturated rings. The van der Waals surface area contributed by atoms with Crippen LogP contribution in [0.25, 0.3) is 0 Å². The Morgan fingerprint density at radius 1 is 1.38 bits per heavy atom. The van der Waals surface area contributed by atoms with Gasteiger partial charge in [-0.1, -0.05) is 13.8 Å². The van der Waals surface area contributed by atoms with Gasteiger partial charge in [0.15, 0.2) is 0 Å². The molecule has 0 radical (unpaired) electrons. The fourth-order valence-electron chi connectivity index (χ4n) is 2.18. The maximum absolute atomic E-state index is 11.9. The van der Waals surface area contributed by atoms with Gasteiger partial charge in [-0.15, -0.1) is 0 Å². The minimum atomic E-state index is -2.99. The van der Waals surface area contributed by atoms with Gasteiger partial charge in [-0.25, -0.2) is 12.7 Å². The summed E-state index contributed by atoms with van der Waals surface area (Å²) in [5, 5.41) is 3.30. The molecular formula is C11H24N2O2S. The number of nitrogens with one attached hydrogen (secondary N) is 1. The molecule has 0 aliphatic carbocycles. The maximum atomic E-state index is 11.9. The predicted molar refractivity (Wildman–Crippen MR) is 66.9 cm³/mol. The second kappa shape index (κ2) is 6.57. The molecule has 1 rings (SSSR count). The zero-order chi connectivity index (χ0) is 12.0. The number of rotatable bonds is 6. The van der Waals surface area contributed by atoms with Crippen molar-refractivity contribution in [3.63, 3.8) is 0 Å². The van der Waals surface area contributed by atoms with E-state index in [0.29, 0.717) is 31.2 Å². The molecule has 1 aliphatic rings. The molecule has 1 heterocycles. The summed E-state index contributed by atoms with van der Waals surface area (Å²) in [7, 11) is -2.99. The molecule has 0 aromatic rings. The Morgan fingerprint density at radius 3 is 2.75 bits per heavy atom. The van der Waals surface area contributed by atoms with Crippen molar-refractivity contribution in [2.45, 2.75) is 33.1 Å². The normalized spacial score (nSPS) is 23.5. The first-order valence-electron chi connectivity index (χ1n) is 6.28. The molecule has 4 nitrogen and oxygen atoms in total. The zero-order valence-corrected chi connectivity index (χ0v) is 11.2. The van der Waals surface area contributed by atoms with Crippen LogP contribution in [0.3, 0.4) is 0 Å². The van der Waals surface area contributed by atoms with Gasteiger partial charge >= 0.3 is 0 Å². The van der Waals surface area contributed by atoms with E-state index in [-0.39, 0.29) is 0 Å². The lowest BCUT2D eigenvalue weighted by atomic mass is 10.00. The number of hydrogen-bond donors (Lipinski definition) is 1. The van der Waals surface area contributed by atoms with Gasteiger partial charge in [0.2, 0.25) is 10.0 Å². The smallest absolute Gasteiger partial charge is 0.214 e. The molecule has 1 unspecified atom stereocenters. The van der Waals surface area contributed by atoms with Gasteiger partial charge in [-0.2, -0.15) is 0 Å². The highest BCUT2D eigenvalue weighted by Crippen LogP contribution is 2.19. The van der Waals surface area contributed by atoms with Crippen molar-refractivity contribution in [2.75, 3.05) is 31.9 Å². The lowest BCUT2D eigenvalue weighted by Crippen LogP contribution is -2.43. The van der Waals surface area contributed by atoms with E-state index in [0.717, 1.165) is 25.9 Å². The first-order valence-corrected chi connectivity index (χ1v) is 7.89. The van der Waals surface area contributed by atoms with Crippen molar-refractivity contribution in [1.29, 1.82) is 0 Å². The predicted octanol–water partition coefficient (Wildman–Crippen LogP) is 1.05. The molecule has 0 amide bonds. The molecule has 0 aromatic heterocycles. The van der Waals surface area contributed by atoms with Gasteiger partial charge in [0, 0.05) is 13.1 Å². The van der Waals surface area contributed by atoms with Crippen LogP contribution in [0.1, 0.15) is 33.1 Å². The van der Waals surface area contributed by atoms with Gasteiger partial charge in [0.25, 0.3) is 0 Å². The molecule has 0 saturated carbocycles. The highest BCUT2D eigenvalue weighted by Gasteiger charge is 2.27. The monoisotopic (exact) mass is 248 g/mol. The molecule has 1 atom stereocenters. The Kier molecular flexibility index (Phi) is 5.72. The van der Waals surface area contributed by atoms with E-state index in [1.54, 1.807) is 4.31 Å². The van der Waals surface area contributed by atoms with Crippen molar-refractivity contribution in [2.24, 2.45) is 5.92 Å². The van der Waals surface area contributed by atoms with E-state index in [4.69, 9.17) is 0 Å². The standard InChI is InChI=1S/C11H24N2O2S/c1-3-8-16(14,15)13-7-5-6-11(10-13)9-12-4-2/h11-12H,3-10H2,1-2H3. The van der Waals surface area contributed by atoms with E-state index in [1.807, 2.05) is 6.92 Å². The largest absolute Gasteiger partial charge is 0.317 e. The summed E-state index contributed by atoms with van der Waals surface area (Å²) >= 11 is 0. The molecule has 96 valence electrons. The average molecular weight is 248 g/mol. The number of piperidine rings is 1. The zero-order valence-electron chi connectivity index (χ0n) is 10.4. The van der Waals surface area contributed by atoms with Gasteiger partial charge in [-0.3, -0.25) is 0 Å². The van der Waals surface area contributed by atoms with Crippen LogP contribution in [0.4, 0.5) is 0 Å². The molecule has 16 heavy (non-hydrogen) atoms.